The SMILES string of the molecule is Nc1cccc(-c2ccc([C@@]3(CC(=O)NO)CCCCS3(=O)=O)s2)c1. The Morgan fingerprint density at radius 2 is 2.08 bits per heavy atom. The van der Waals surface area contributed by atoms with E-state index in [4.69, 9.17) is 10.9 Å². The first kappa shape index (κ1) is 17.9. The number of hydrogen-bond acceptors (Lipinski definition) is 6. The molecule has 3 rings (SSSR count). The van der Waals surface area contributed by atoms with Crippen molar-refractivity contribution in [2.24, 2.45) is 0 Å². The smallest absolute Gasteiger partial charge is 0.245 e. The van der Waals surface area contributed by atoms with E-state index in [2.05, 4.69) is 0 Å². The van der Waals surface area contributed by atoms with Gasteiger partial charge in [0.25, 0.3) is 0 Å². The van der Waals surface area contributed by atoms with Gasteiger partial charge in [0.2, 0.25) is 5.91 Å². The molecule has 2 heterocycles. The lowest BCUT2D eigenvalue weighted by molar-refractivity contribution is -0.130. The third kappa shape index (κ3) is 3.29. The molecule has 0 unspecified atom stereocenters. The number of nitrogen functional groups attached to an aromatic ring is 1. The van der Waals surface area contributed by atoms with Crippen LogP contribution in [0.2, 0.25) is 0 Å². The molecule has 0 spiro atoms. The second kappa shape index (κ2) is 6.78. The van der Waals surface area contributed by atoms with E-state index in [1.165, 1.54) is 11.3 Å². The molecule has 1 aliphatic heterocycles. The average Bonchev–Trinajstić information content (AvgIpc) is 3.07. The zero-order valence-electron chi connectivity index (χ0n) is 13.6. The van der Waals surface area contributed by atoms with Gasteiger partial charge in [-0.05, 0) is 42.7 Å². The Morgan fingerprint density at radius 3 is 2.76 bits per heavy atom. The zero-order valence-corrected chi connectivity index (χ0v) is 15.2. The van der Waals surface area contributed by atoms with E-state index in [1.807, 2.05) is 24.3 Å². The lowest BCUT2D eigenvalue weighted by Gasteiger charge is -2.35. The Labute approximate surface area is 150 Å². The maximum absolute atomic E-state index is 12.9. The number of rotatable bonds is 4. The number of amides is 1. The first-order chi connectivity index (χ1) is 11.9. The molecular weight excluding hydrogens is 360 g/mol. The number of nitrogens with one attached hydrogen (secondary N) is 1. The average molecular weight is 380 g/mol. The second-order valence-corrected chi connectivity index (χ2v) is 9.77. The molecule has 0 aliphatic carbocycles. The van der Waals surface area contributed by atoms with E-state index in [0.717, 1.165) is 16.9 Å². The standard InChI is InChI=1S/C17H20N2O4S2/c18-13-5-3-4-12(10-13)14-6-7-15(24-14)17(11-16(20)19-21)8-1-2-9-25(17,22)23/h3-7,10,21H,1-2,8-9,11,18H2,(H,19,20)/t17-/m0/s1. The number of benzene rings is 1. The van der Waals surface area contributed by atoms with Crippen LogP contribution in [-0.2, 0) is 19.4 Å². The summed E-state index contributed by atoms with van der Waals surface area (Å²) in [5.74, 6) is -0.638. The fourth-order valence-electron chi connectivity index (χ4n) is 3.34. The number of hydroxylamine groups is 1. The molecule has 0 radical (unpaired) electrons. The molecule has 134 valence electrons. The van der Waals surface area contributed by atoms with Gasteiger partial charge >= 0.3 is 0 Å². The van der Waals surface area contributed by atoms with Gasteiger partial charge in [0.15, 0.2) is 9.84 Å². The highest BCUT2D eigenvalue weighted by Crippen LogP contribution is 2.47. The van der Waals surface area contributed by atoms with Gasteiger partial charge in [0.1, 0.15) is 4.75 Å². The third-order valence-electron chi connectivity index (χ3n) is 4.64. The summed E-state index contributed by atoms with van der Waals surface area (Å²) >= 11 is 1.36. The molecule has 1 aromatic carbocycles. The number of nitrogens with two attached hydrogens (primary N) is 1. The predicted octanol–water partition coefficient (Wildman–Crippen LogP) is 2.69. The minimum Gasteiger partial charge on any atom is -0.399 e. The van der Waals surface area contributed by atoms with Gasteiger partial charge in [-0.15, -0.1) is 11.3 Å². The molecule has 1 saturated heterocycles. The van der Waals surface area contributed by atoms with Gasteiger partial charge in [0.05, 0.1) is 12.2 Å². The number of carbonyl (C=O) groups is 1. The number of carbonyl (C=O) groups excluding carboxylic acids is 1. The molecule has 8 heteroatoms. The molecule has 0 saturated carbocycles. The van der Waals surface area contributed by atoms with Crippen molar-refractivity contribution in [2.75, 3.05) is 11.5 Å². The Hall–Kier alpha value is -1.90. The molecule has 1 amide bonds. The number of thiophene rings is 1. The molecule has 1 aliphatic rings. The molecule has 1 atom stereocenters. The van der Waals surface area contributed by atoms with Crippen LogP contribution in [0, 0.1) is 0 Å². The molecule has 2 aromatic rings. The molecule has 4 N–H and O–H groups in total. The summed E-state index contributed by atoms with van der Waals surface area (Å²) in [4.78, 5) is 13.4. The summed E-state index contributed by atoms with van der Waals surface area (Å²) in [7, 11) is -3.51. The van der Waals surface area contributed by atoms with Crippen LogP contribution in [0.15, 0.2) is 36.4 Å². The van der Waals surface area contributed by atoms with Gasteiger partial charge < -0.3 is 5.73 Å². The van der Waals surface area contributed by atoms with E-state index in [9.17, 15) is 13.2 Å². The molecular formula is C17H20N2O4S2. The lowest BCUT2D eigenvalue weighted by atomic mass is 9.94. The fourth-order valence-corrected chi connectivity index (χ4v) is 7.12. The molecule has 1 aromatic heterocycles. The summed E-state index contributed by atoms with van der Waals surface area (Å²) in [6, 6.07) is 11.0. The van der Waals surface area contributed by atoms with Gasteiger partial charge in [-0.1, -0.05) is 18.6 Å². The van der Waals surface area contributed by atoms with Crippen LogP contribution < -0.4 is 11.2 Å². The maximum Gasteiger partial charge on any atom is 0.245 e. The van der Waals surface area contributed by atoms with Crippen molar-refractivity contribution in [3.05, 3.63) is 41.3 Å². The fraction of sp³-hybridized carbons (Fsp3) is 0.353. The van der Waals surface area contributed by atoms with Crippen molar-refractivity contribution in [2.45, 2.75) is 30.4 Å². The van der Waals surface area contributed by atoms with Crippen LogP contribution in [0.3, 0.4) is 0 Å². The lowest BCUT2D eigenvalue weighted by Crippen LogP contribution is -2.43. The first-order valence-corrected chi connectivity index (χ1v) is 10.5. The highest BCUT2D eigenvalue weighted by molar-refractivity contribution is 7.92. The Morgan fingerprint density at radius 1 is 1.28 bits per heavy atom. The highest BCUT2D eigenvalue weighted by Gasteiger charge is 2.49. The van der Waals surface area contributed by atoms with E-state index < -0.39 is 20.5 Å². The van der Waals surface area contributed by atoms with Crippen LogP contribution in [0.25, 0.3) is 10.4 Å². The number of sulfone groups is 1. The first-order valence-electron chi connectivity index (χ1n) is 7.99. The highest BCUT2D eigenvalue weighted by atomic mass is 32.2. The summed E-state index contributed by atoms with van der Waals surface area (Å²) in [5.41, 5.74) is 8.94. The number of anilines is 1. The van der Waals surface area contributed by atoms with E-state index in [0.29, 0.717) is 23.4 Å². The van der Waals surface area contributed by atoms with Crippen LogP contribution in [0.1, 0.15) is 30.6 Å². The molecule has 6 nitrogen and oxygen atoms in total. The topological polar surface area (TPSA) is 109 Å². The van der Waals surface area contributed by atoms with Gasteiger partial charge in [-0.25, -0.2) is 13.9 Å². The van der Waals surface area contributed by atoms with Crippen LogP contribution in [0.4, 0.5) is 5.69 Å². The maximum atomic E-state index is 12.9. The van der Waals surface area contributed by atoms with Crippen molar-refractivity contribution in [3.8, 4) is 10.4 Å². The van der Waals surface area contributed by atoms with Crippen molar-refractivity contribution in [1.29, 1.82) is 0 Å². The monoisotopic (exact) mass is 380 g/mol. The third-order valence-corrected chi connectivity index (χ3v) is 8.69. The van der Waals surface area contributed by atoms with E-state index in [1.54, 1.807) is 17.6 Å². The van der Waals surface area contributed by atoms with E-state index in [-0.39, 0.29) is 12.2 Å². The van der Waals surface area contributed by atoms with Gasteiger partial charge in [-0.2, -0.15) is 0 Å². The summed E-state index contributed by atoms with van der Waals surface area (Å²) in [6.45, 7) is 0. The van der Waals surface area contributed by atoms with Gasteiger partial charge in [0, 0.05) is 15.4 Å². The largest absolute Gasteiger partial charge is 0.399 e. The van der Waals surface area contributed by atoms with Crippen LogP contribution in [0.5, 0.6) is 0 Å². The van der Waals surface area contributed by atoms with Crippen LogP contribution >= 0.6 is 11.3 Å². The predicted molar refractivity (Wildman–Crippen MR) is 98.0 cm³/mol. The van der Waals surface area contributed by atoms with E-state index >= 15 is 0 Å². The van der Waals surface area contributed by atoms with Gasteiger partial charge in [-0.3, -0.25) is 10.0 Å². The summed E-state index contributed by atoms with van der Waals surface area (Å²) < 4.78 is 24.5. The molecule has 0 bridgehead atoms. The second-order valence-electron chi connectivity index (χ2n) is 6.27. The Kier molecular flexibility index (Phi) is 4.86. The van der Waals surface area contributed by atoms with Crippen molar-refractivity contribution in [1.82, 2.24) is 5.48 Å². The quantitative estimate of drug-likeness (QED) is 0.429. The summed E-state index contributed by atoms with van der Waals surface area (Å²) in [5, 5.41) is 8.91. The number of hydrogen-bond donors (Lipinski definition) is 3. The van der Waals surface area contributed by atoms with Crippen molar-refractivity contribution in [3.63, 3.8) is 0 Å². The van der Waals surface area contributed by atoms with Crippen molar-refractivity contribution >= 4 is 32.8 Å². The molecule has 1 fully saturated rings. The Bertz CT molecular complexity index is 892. The normalized spacial score (nSPS) is 22.4. The minimum atomic E-state index is -3.51. The summed E-state index contributed by atoms with van der Waals surface area (Å²) in [6.07, 6.45) is 1.42. The Balaban J connectivity index is 2.07. The van der Waals surface area contributed by atoms with Crippen LogP contribution in [-0.4, -0.2) is 25.3 Å². The van der Waals surface area contributed by atoms with Crippen molar-refractivity contribution < 1.29 is 18.4 Å². The zero-order chi connectivity index (χ0) is 18.1. The minimum absolute atomic E-state index is 0.0528. The molecule has 25 heavy (non-hydrogen) atoms.